The lowest BCUT2D eigenvalue weighted by Gasteiger charge is -2.18. The quantitative estimate of drug-likeness (QED) is 0.0353. The van der Waals surface area contributed by atoms with Gasteiger partial charge in [0.1, 0.15) is 19.8 Å². The fraction of sp³-hybridized carbons (Fsp3) is 0.911. The molecule has 0 aliphatic rings. The molecule has 342 valence electrons. The zero-order valence-corrected chi connectivity index (χ0v) is 37.1. The van der Waals surface area contributed by atoms with E-state index in [1.165, 1.54) is 103 Å². The first-order valence-corrected chi connectivity index (χ1v) is 23.1. The SMILES string of the molecule is CCCCCCCCCCCCCC(=O)OC[C@H](COC(=O)CCCOCCOCCNC(=O)OCCOCCOC)OC(=O)CCCCCCCCCCCCC. The molecule has 0 heterocycles. The van der Waals surface area contributed by atoms with Gasteiger partial charge < -0.3 is 43.2 Å². The standard InChI is InChI=1S/C45H85NO12/c1-4-6-8-10-12-14-16-18-20-22-24-27-42(47)56-39-41(58-44(49)28-25-23-21-19-17-15-13-11-9-7-5-2)40-57-43(48)29-26-31-52-35-36-53-32-30-46-45(50)55-38-37-54-34-33-51-3/h41H,4-40H2,1-3H3,(H,46,50)/t41-/m1/s1. The van der Waals surface area contributed by atoms with Crippen molar-refractivity contribution in [3.05, 3.63) is 0 Å². The Labute approximate surface area is 352 Å². The van der Waals surface area contributed by atoms with Crippen molar-refractivity contribution in [2.45, 2.75) is 187 Å². The number of carbonyl (C=O) groups excluding carboxylic acids is 4. The van der Waals surface area contributed by atoms with Gasteiger partial charge in [-0.15, -0.1) is 0 Å². The van der Waals surface area contributed by atoms with E-state index < -0.39 is 18.2 Å². The van der Waals surface area contributed by atoms with Crippen LogP contribution in [-0.4, -0.2) is 110 Å². The van der Waals surface area contributed by atoms with Crippen LogP contribution in [0.2, 0.25) is 0 Å². The fourth-order valence-corrected chi connectivity index (χ4v) is 6.10. The minimum absolute atomic E-state index is 0.127. The smallest absolute Gasteiger partial charge is 0.407 e. The van der Waals surface area contributed by atoms with Crippen LogP contribution in [0.4, 0.5) is 4.79 Å². The summed E-state index contributed by atoms with van der Waals surface area (Å²) in [5.41, 5.74) is 0. The molecule has 13 heteroatoms. The number of ether oxygens (including phenoxy) is 8. The van der Waals surface area contributed by atoms with Crippen molar-refractivity contribution < 1.29 is 57.1 Å². The molecule has 1 amide bonds. The predicted octanol–water partition coefficient (Wildman–Crippen LogP) is 9.59. The molecule has 0 aromatic carbocycles. The first-order valence-electron chi connectivity index (χ1n) is 23.1. The molecule has 0 saturated carbocycles. The lowest BCUT2D eigenvalue weighted by atomic mass is 10.1. The van der Waals surface area contributed by atoms with Gasteiger partial charge in [-0.05, 0) is 19.3 Å². The minimum Gasteiger partial charge on any atom is -0.462 e. The van der Waals surface area contributed by atoms with Crippen LogP contribution in [0.1, 0.15) is 181 Å². The number of rotatable bonds is 45. The summed E-state index contributed by atoms with van der Waals surface area (Å²) in [7, 11) is 1.59. The highest BCUT2D eigenvalue weighted by molar-refractivity contribution is 5.71. The number of methoxy groups -OCH3 is 1. The van der Waals surface area contributed by atoms with Gasteiger partial charge in [0.15, 0.2) is 6.10 Å². The lowest BCUT2D eigenvalue weighted by molar-refractivity contribution is -0.167. The van der Waals surface area contributed by atoms with Crippen LogP contribution >= 0.6 is 0 Å². The third-order valence-electron chi connectivity index (χ3n) is 9.58. The van der Waals surface area contributed by atoms with E-state index in [-0.39, 0.29) is 44.6 Å². The number of carbonyl (C=O) groups is 4. The van der Waals surface area contributed by atoms with Crippen molar-refractivity contribution in [1.82, 2.24) is 5.32 Å². The Morgan fingerprint density at radius 3 is 1.31 bits per heavy atom. The lowest BCUT2D eigenvalue weighted by Crippen LogP contribution is -2.31. The topological polar surface area (TPSA) is 154 Å². The molecule has 0 fully saturated rings. The zero-order chi connectivity index (χ0) is 42.4. The van der Waals surface area contributed by atoms with Gasteiger partial charge in [0.25, 0.3) is 0 Å². The summed E-state index contributed by atoms with van der Waals surface area (Å²) >= 11 is 0. The van der Waals surface area contributed by atoms with E-state index in [9.17, 15) is 19.2 Å². The van der Waals surface area contributed by atoms with Crippen LogP contribution < -0.4 is 5.32 Å². The third-order valence-corrected chi connectivity index (χ3v) is 9.58. The second kappa shape index (κ2) is 45.6. The second-order valence-corrected chi connectivity index (χ2v) is 15.0. The Morgan fingerprint density at radius 1 is 0.414 bits per heavy atom. The Morgan fingerprint density at radius 2 is 0.810 bits per heavy atom. The maximum atomic E-state index is 12.7. The first kappa shape index (κ1) is 55.5. The van der Waals surface area contributed by atoms with Gasteiger partial charge in [0.05, 0.1) is 39.6 Å². The van der Waals surface area contributed by atoms with E-state index in [0.717, 1.165) is 38.5 Å². The summed E-state index contributed by atoms with van der Waals surface area (Å²) in [5, 5.41) is 2.59. The van der Waals surface area contributed by atoms with Crippen molar-refractivity contribution >= 4 is 24.0 Å². The molecule has 1 N–H and O–H groups in total. The summed E-state index contributed by atoms with van der Waals surface area (Å²) in [6.45, 7) is 7.14. The van der Waals surface area contributed by atoms with Crippen LogP contribution in [0.15, 0.2) is 0 Å². The number of alkyl carbamates (subject to hydrolysis) is 1. The first-order chi connectivity index (χ1) is 28.4. The molecule has 0 radical (unpaired) electrons. The fourth-order valence-electron chi connectivity index (χ4n) is 6.10. The predicted molar refractivity (Wildman–Crippen MR) is 227 cm³/mol. The molecular weight excluding hydrogens is 746 g/mol. The number of amides is 1. The minimum atomic E-state index is -0.852. The number of nitrogens with one attached hydrogen (secondary N) is 1. The van der Waals surface area contributed by atoms with Crippen molar-refractivity contribution in [3.63, 3.8) is 0 Å². The Kier molecular flexibility index (Phi) is 43.7. The van der Waals surface area contributed by atoms with Gasteiger partial charge in [-0.1, -0.05) is 142 Å². The van der Waals surface area contributed by atoms with Crippen LogP contribution in [0, 0.1) is 0 Å². The molecule has 0 rings (SSSR count). The zero-order valence-electron chi connectivity index (χ0n) is 37.1. The molecule has 0 aliphatic heterocycles. The molecule has 13 nitrogen and oxygen atoms in total. The summed E-state index contributed by atoms with van der Waals surface area (Å²) in [6.07, 6.45) is 26.0. The maximum Gasteiger partial charge on any atom is 0.407 e. The molecular formula is C45H85NO12. The van der Waals surface area contributed by atoms with Crippen molar-refractivity contribution in [2.75, 3.05) is 79.7 Å². The van der Waals surface area contributed by atoms with Gasteiger partial charge in [-0.25, -0.2) is 4.79 Å². The molecule has 1 atom stereocenters. The number of hydrogen-bond acceptors (Lipinski definition) is 12. The average molecular weight is 832 g/mol. The summed E-state index contributed by atoms with van der Waals surface area (Å²) in [5.74, 6) is -1.15. The number of hydrogen-bond donors (Lipinski definition) is 1. The highest BCUT2D eigenvalue weighted by atomic mass is 16.6. The molecule has 0 bridgehead atoms. The number of unbranched alkanes of at least 4 members (excludes halogenated alkanes) is 20. The molecule has 58 heavy (non-hydrogen) atoms. The normalized spacial score (nSPS) is 11.6. The summed E-state index contributed by atoms with van der Waals surface area (Å²) < 4.78 is 42.5. The molecule has 0 aromatic rings. The van der Waals surface area contributed by atoms with Crippen LogP contribution in [0.5, 0.6) is 0 Å². The monoisotopic (exact) mass is 832 g/mol. The van der Waals surface area contributed by atoms with E-state index in [4.69, 9.17) is 37.9 Å². The van der Waals surface area contributed by atoms with Gasteiger partial charge in [-0.2, -0.15) is 0 Å². The van der Waals surface area contributed by atoms with Crippen molar-refractivity contribution in [1.29, 1.82) is 0 Å². The largest absolute Gasteiger partial charge is 0.462 e. The van der Waals surface area contributed by atoms with E-state index in [0.29, 0.717) is 65.6 Å². The van der Waals surface area contributed by atoms with Crippen molar-refractivity contribution in [2.24, 2.45) is 0 Å². The van der Waals surface area contributed by atoms with Crippen LogP contribution in [-0.2, 0) is 52.3 Å². The Hall–Kier alpha value is -2.48. The van der Waals surface area contributed by atoms with Crippen molar-refractivity contribution in [3.8, 4) is 0 Å². The molecule has 0 unspecified atom stereocenters. The molecule has 0 aromatic heterocycles. The molecule has 0 saturated heterocycles. The van der Waals surface area contributed by atoms with Gasteiger partial charge in [-0.3, -0.25) is 14.4 Å². The van der Waals surface area contributed by atoms with Crippen LogP contribution in [0.25, 0.3) is 0 Å². The third kappa shape index (κ3) is 43.1. The number of esters is 3. The van der Waals surface area contributed by atoms with E-state index >= 15 is 0 Å². The van der Waals surface area contributed by atoms with Gasteiger partial charge in [0, 0.05) is 39.5 Å². The summed E-state index contributed by atoms with van der Waals surface area (Å²) in [4.78, 5) is 49.3. The average Bonchev–Trinajstić information content (AvgIpc) is 3.21. The maximum absolute atomic E-state index is 12.7. The van der Waals surface area contributed by atoms with Gasteiger partial charge in [0.2, 0.25) is 0 Å². The Balaban J connectivity index is 4.30. The van der Waals surface area contributed by atoms with E-state index in [2.05, 4.69) is 19.2 Å². The summed E-state index contributed by atoms with van der Waals surface area (Å²) in [6, 6.07) is 0. The second-order valence-electron chi connectivity index (χ2n) is 15.0. The van der Waals surface area contributed by atoms with Crippen LogP contribution in [0.3, 0.4) is 0 Å². The van der Waals surface area contributed by atoms with E-state index in [1.807, 2.05) is 0 Å². The Bertz CT molecular complexity index is 937. The molecule has 0 spiro atoms. The van der Waals surface area contributed by atoms with Gasteiger partial charge >= 0.3 is 24.0 Å². The highest BCUT2D eigenvalue weighted by Gasteiger charge is 2.19. The molecule has 0 aliphatic carbocycles. The highest BCUT2D eigenvalue weighted by Crippen LogP contribution is 2.14. The van der Waals surface area contributed by atoms with E-state index in [1.54, 1.807) is 7.11 Å².